The lowest BCUT2D eigenvalue weighted by Crippen LogP contribution is -2.17. The number of rotatable bonds is 5. The van der Waals surface area contributed by atoms with Crippen LogP contribution in [0.4, 0.5) is 5.69 Å². The lowest BCUT2D eigenvalue weighted by atomic mass is 10.1. The van der Waals surface area contributed by atoms with Crippen molar-refractivity contribution in [1.82, 2.24) is 4.57 Å². The molecule has 0 fully saturated rings. The number of aryl methyl sites for hydroxylation is 1. The number of thiazole rings is 1. The van der Waals surface area contributed by atoms with Crippen LogP contribution in [0.5, 0.6) is 11.6 Å². The fraction of sp³-hybridized carbons (Fsp3) is 0.143. The zero-order valence-electron chi connectivity index (χ0n) is 15.1. The van der Waals surface area contributed by atoms with Gasteiger partial charge in [0, 0.05) is 21.8 Å². The zero-order chi connectivity index (χ0) is 19.7. The van der Waals surface area contributed by atoms with Crippen molar-refractivity contribution in [3.05, 3.63) is 72.6 Å². The molecule has 0 saturated heterocycles. The van der Waals surface area contributed by atoms with Crippen molar-refractivity contribution in [3.63, 3.8) is 0 Å². The molecule has 0 atom stereocenters. The topological polar surface area (TPSA) is 63.8 Å². The van der Waals surface area contributed by atoms with E-state index in [-0.39, 0.29) is 17.3 Å². The predicted octanol–water partition coefficient (Wildman–Crippen LogP) is 5.02. The van der Waals surface area contributed by atoms with Crippen LogP contribution in [0.25, 0.3) is 11.6 Å². The van der Waals surface area contributed by atoms with E-state index in [0.717, 1.165) is 43.9 Å². The van der Waals surface area contributed by atoms with Crippen LogP contribution >= 0.6 is 27.3 Å². The molecule has 4 rings (SSSR count). The first-order valence-corrected chi connectivity index (χ1v) is 10.3. The van der Waals surface area contributed by atoms with E-state index < -0.39 is 0 Å². The number of ether oxygens (including phenoxy) is 1. The Morgan fingerprint density at radius 1 is 1.29 bits per heavy atom. The van der Waals surface area contributed by atoms with Crippen molar-refractivity contribution in [2.45, 2.75) is 13.5 Å². The van der Waals surface area contributed by atoms with E-state index in [1.807, 2.05) is 49.4 Å². The third-order valence-corrected chi connectivity index (χ3v) is 5.77. The van der Waals surface area contributed by atoms with E-state index in [0.29, 0.717) is 11.5 Å². The Morgan fingerprint density at radius 2 is 2.14 bits per heavy atom. The van der Waals surface area contributed by atoms with Crippen molar-refractivity contribution in [3.8, 4) is 11.6 Å². The van der Waals surface area contributed by atoms with Gasteiger partial charge in [0.05, 0.1) is 17.1 Å². The molecule has 2 aromatic carbocycles. The van der Waals surface area contributed by atoms with Crippen LogP contribution in [-0.2, 0) is 6.54 Å². The van der Waals surface area contributed by atoms with Gasteiger partial charge in [-0.05, 0) is 48.9 Å². The van der Waals surface area contributed by atoms with Crippen molar-refractivity contribution in [2.75, 3.05) is 6.61 Å². The Hall–Kier alpha value is -2.64. The van der Waals surface area contributed by atoms with Gasteiger partial charge in [-0.2, -0.15) is 0 Å². The third kappa shape index (κ3) is 3.81. The summed E-state index contributed by atoms with van der Waals surface area (Å²) in [6.45, 7) is 2.56. The Kier molecular flexibility index (Phi) is 5.19. The van der Waals surface area contributed by atoms with E-state index >= 15 is 0 Å². The predicted molar refractivity (Wildman–Crippen MR) is 117 cm³/mol. The molecule has 0 bridgehead atoms. The summed E-state index contributed by atoms with van der Waals surface area (Å²) in [5.41, 5.74) is 3.79. The number of halogens is 1. The van der Waals surface area contributed by atoms with Crippen LogP contribution in [0, 0.1) is 6.92 Å². The first-order chi connectivity index (χ1) is 13.5. The fourth-order valence-corrected chi connectivity index (χ4v) is 4.21. The molecule has 142 valence electrons. The van der Waals surface area contributed by atoms with Gasteiger partial charge in [-0.15, -0.1) is 0 Å². The zero-order valence-corrected chi connectivity index (χ0v) is 17.5. The lowest BCUT2D eigenvalue weighted by Gasteiger charge is -2.08. The number of fused-ring (bicyclic) bond motifs is 1. The number of aliphatic imine (C=N–C) groups is 1. The second-order valence-corrected chi connectivity index (χ2v) is 8.30. The third-order valence-electron chi connectivity index (χ3n) is 4.37. The number of hydrogen-bond donors (Lipinski definition) is 1. The van der Waals surface area contributed by atoms with Crippen molar-refractivity contribution in [2.24, 2.45) is 4.99 Å². The highest BCUT2D eigenvalue weighted by molar-refractivity contribution is 9.10. The summed E-state index contributed by atoms with van der Waals surface area (Å²) in [7, 11) is 0. The maximum atomic E-state index is 12.3. The first kappa shape index (κ1) is 18.7. The molecule has 0 aliphatic carbocycles. The minimum atomic E-state index is -0.221. The molecule has 0 radical (unpaired) electrons. The molecule has 1 aliphatic rings. The molecule has 0 saturated carbocycles. The maximum Gasteiger partial charge on any atom is 0.310 e. The van der Waals surface area contributed by atoms with Gasteiger partial charge in [0.15, 0.2) is 0 Å². The lowest BCUT2D eigenvalue weighted by molar-refractivity contribution is 0.286. The molecular formula is C21H17BrN2O3S. The summed E-state index contributed by atoms with van der Waals surface area (Å²) in [6.07, 6.45) is 3.53. The molecule has 5 nitrogen and oxygen atoms in total. The van der Waals surface area contributed by atoms with Gasteiger partial charge in [-0.1, -0.05) is 39.4 Å². The Bertz CT molecular complexity index is 1160. The summed E-state index contributed by atoms with van der Waals surface area (Å²) in [4.78, 5) is 17.0. The monoisotopic (exact) mass is 456 g/mol. The highest BCUT2D eigenvalue weighted by atomic mass is 79.9. The highest BCUT2D eigenvalue weighted by Crippen LogP contribution is 2.36. The smallest absolute Gasteiger partial charge is 0.310 e. The van der Waals surface area contributed by atoms with Crippen molar-refractivity contribution >= 4 is 50.8 Å². The molecule has 1 N–H and O–H groups in total. The number of allylic oxidation sites excluding steroid dienone is 1. The highest BCUT2D eigenvalue weighted by Gasteiger charge is 2.17. The second kappa shape index (κ2) is 7.77. The van der Waals surface area contributed by atoms with Gasteiger partial charge in [-0.3, -0.25) is 14.4 Å². The maximum absolute atomic E-state index is 12.3. The number of nitrogens with zero attached hydrogens (tertiary/aromatic N) is 2. The van der Waals surface area contributed by atoms with Crippen LogP contribution in [0.2, 0.25) is 0 Å². The van der Waals surface area contributed by atoms with Crippen LogP contribution < -0.4 is 9.61 Å². The average Bonchev–Trinajstić information content (AvgIpc) is 3.17. The number of aromatic nitrogens is 1. The number of hydrogen-bond acceptors (Lipinski definition) is 5. The molecule has 1 aliphatic heterocycles. The van der Waals surface area contributed by atoms with E-state index in [9.17, 15) is 9.90 Å². The van der Waals surface area contributed by atoms with Gasteiger partial charge in [0.1, 0.15) is 12.4 Å². The second-order valence-electron chi connectivity index (χ2n) is 6.39. The summed E-state index contributed by atoms with van der Waals surface area (Å²) in [5, 5.41) is 10.5. The van der Waals surface area contributed by atoms with E-state index in [1.165, 1.54) is 4.57 Å². The molecule has 7 heteroatoms. The molecule has 3 aromatic rings. The van der Waals surface area contributed by atoms with Crippen LogP contribution in [0.3, 0.4) is 0 Å². The van der Waals surface area contributed by atoms with Gasteiger partial charge < -0.3 is 9.84 Å². The minimum Gasteiger partial charge on any atom is -0.493 e. The van der Waals surface area contributed by atoms with Crippen LogP contribution in [-0.4, -0.2) is 22.5 Å². The fourth-order valence-electron chi connectivity index (χ4n) is 2.98. The van der Waals surface area contributed by atoms with Gasteiger partial charge in [-0.25, -0.2) is 0 Å². The van der Waals surface area contributed by atoms with E-state index in [4.69, 9.17) is 4.74 Å². The van der Waals surface area contributed by atoms with Crippen LogP contribution in [0.1, 0.15) is 16.0 Å². The quantitative estimate of drug-likeness (QED) is 0.585. The summed E-state index contributed by atoms with van der Waals surface area (Å²) >= 11 is 4.47. The normalized spacial score (nSPS) is 13.9. The summed E-state index contributed by atoms with van der Waals surface area (Å²) in [6, 6.07) is 13.5. The van der Waals surface area contributed by atoms with Gasteiger partial charge in [0.25, 0.3) is 0 Å². The molecule has 2 heterocycles. The molecule has 0 spiro atoms. The Balaban J connectivity index is 1.53. The average molecular weight is 457 g/mol. The molecule has 1 aromatic heterocycles. The first-order valence-electron chi connectivity index (χ1n) is 8.69. The molecule has 0 amide bonds. The standard InChI is InChI=1S/C21H17BrN2O3S/c1-13-3-2-4-16(9-13)27-8-7-24-20(25)19(28-21(24)26)10-14-12-23-18-6-5-15(22)11-17(14)18/h2-6,9-12,25H,7-8H2,1H3/b14-10-. The van der Waals surface area contributed by atoms with Crippen molar-refractivity contribution in [1.29, 1.82) is 0 Å². The van der Waals surface area contributed by atoms with Gasteiger partial charge >= 0.3 is 4.87 Å². The SMILES string of the molecule is Cc1cccc(OCCn2c(O)c(/C=C3/C=Nc4ccc(Br)cc43)sc2=O)c1. The molecule has 28 heavy (non-hydrogen) atoms. The summed E-state index contributed by atoms with van der Waals surface area (Å²) in [5.74, 6) is 0.696. The Morgan fingerprint density at radius 3 is 2.96 bits per heavy atom. The molecular weight excluding hydrogens is 440 g/mol. The number of aromatic hydroxyl groups is 1. The molecule has 0 unspecified atom stereocenters. The largest absolute Gasteiger partial charge is 0.493 e. The van der Waals surface area contributed by atoms with Crippen LogP contribution in [0.15, 0.2) is 56.7 Å². The minimum absolute atomic E-state index is 0.0489. The van der Waals surface area contributed by atoms with E-state index in [1.54, 1.807) is 12.3 Å². The Labute approximate surface area is 174 Å². The van der Waals surface area contributed by atoms with E-state index in [2.05, 4.69) is 20.9 Å². The summed E-state index contributed by atoms with van der Waals surface area (Å²) < 4.78 is 7.98. The number of benzene rings is 2. The van der Waals surface area contributed by atoms with Gasteiger partial charge in [0.2, 0.25) is 5.88 Å². The van der Waals surface area contributed by atoms with Crippen molar-refractivity contribution < 1.29 is 9.84 Å².